The average Bonchev–Trinajstić information content (AvgIpc) is 2.81. The van der Waals surface area contributed by atoms with Gasteiger partial charge < -0.3 is 4.74 Å². The van der Waals surface area contributed by atoms with Crippen LogP contribution in [0.3, 0.4) is 0 Å². The second kappa shape index (κ2) is 4.60. The minimum atomic E-state index is -0.599. The van der Waals surface area contributed by atoms with E-state index in [1.54, 1.807) is 0 Å². The molecule has 0 fully saturated rings. The van der Waals surface area contributed by atoms with Crippen LogP contribution in [0.15, 0.2) is 24.5 Å². The molecule has 0 aliphatic rings. The molecule has 2 N–H and O–H groups in total. The van der Waals surface area contributed by atoms with Gasteiger partial charge in [-0.2, -0.15) is 10.1 Å². The van der Waals surface area contributed by atoms with Crippen molar-refractivity contribution in [1.82, 2.24) is 15.2 Å². The van der Waals surface area contributed by atoms with Gasteiger partial charge in [0.15, 0.2) is 11.6 Å². The molecule has 1 aromatic carbocycles. The number of methoxy groups -OCH3 is 1. The molecule has 0 spiro atoms. The molecule has 0 aliphatic carbocycles. The van der Waals surface area contributed by atoms with Crippen LogP contribution in [0.1, 0.15) is 10.4 Å². The predicted molar refractivity (Wildman–Crippen MR) is 57.3 cm³/mol. The standard InChI is InChI=1S/C10H9FN4O2/c1-17-8-3-2-6(4-7(8)11)9(16)14-10-12-5-13-15-10/h2-5H,1H3,(H2,12,13,14,15,16). The Labute approximate surface area is 95.8 Å². The molecule has 0 aliphatic heterocycles. The largest absolute Gasteiger partial charge is 0.494 e. The first-order chi connectivity index (χ1) is 8.20. The summed E-state index contributed by atoms with van der Waals surface area (Å²) < 4.78 is 18.1. The van der Waals surface area contributed by atoms with E-state index in [-0.39, 0.29) is 17.3 Å². The third-order valence-electron chi connectivity index (χ3n) is 2.06. The molecule has 2 rings (SSSR count). The molecule has 0 unspecified atom stereocenters. The highest BCUT2D eigenvalue weighted by molar-refractivity contribution is 6.03. The Morgan fingerprint density at radius 1 is 1.53 bits per heavy atom. The van der Waals surface area contributed by atoms with E-state index in [1.165, 1.54) is 25.6 Å². The molecule has 1 heterocycles. The number of benzene rings is 1. The van der Waals surface area contributed by atoms with Crippen LogP contribution in [0.4, 0.5) is 10.3 Å². The van der Waals surface area contributed by atoms with Crippen LogP contribution < -0.4 is 10.1 Å². The summed E-state index contributed by atoms with van der Waals surface area (Å²) in [6.45, 7) is 0. The minimum absolute atomic E-state index is 0.0845. The van der Waals surface area contributed by atoms with Crippen LogP contribution >= 0.6 is 0 Å². The van der Waals surface area contributed by atoms with Crippen molar-refractivity contribution >= 4 is 11.9 Å². The van der Waals surface area contributed by atoms with Crippen LogP contribution in [0, 0.1) is 5.82 Å². The molecule has 0 bridgehead atoms. The molecule has 2 aromatic rings. The zero-order chi connectivity index (χ0) is 12.3. The molecule has 0 atom stereocenters. The van der Waals surface area contributed by atoms with Gasteiger partial charge in [0.25, 0.3) is 5.91 Å². The Bertz CT molecular complexity index is 527. The number of nitrogens with zero attached hydrogens (tertiary/aromatic N) is 2. The topological polar surface area (TPSA) is 79.9 Å². The molecule has 0 saturated carbocycles. The smallest absolute Gasteiger partial charge is 0.258 e. The number of anilines is 1. The quantitative estimate of drug-likeness (QED) is 0.839. The summed E-state index contributed by atoms with van der Waals surface area (Å²) in [7, 11) is 1.35. The molecule has 1 amide bonds. The Hall–Kier alpha value is -2.44. The number of halogens is 1. The first-order valence-electron chi connectivity index (χ1n) is 4.71. The molecular formula is C10H9FN4O2. The summed E-state index contributed by atoms with van der Waals surface area (Å²) in [4.78, 5) is 15.4. The number of nitrogens with one attached hydrogen (secondary N) is 2. The van der Waals surface area contributed by atoms with Crippen LogP contribution in [-0.4, -0.2) is 28.2 Å². The number of hydrogen-bond donors (Lipinski definition) is 2. The number of hydrogen-bond acceptors (Lipinski definition) is 4. The van der Waals surface area contributed by atoms with Crippen LogP contribution in [0.5, 0.6) is 5.75 Å². The summed E-state index contributed by atoms with van der Waals surface area (Å²) in [5, 5.41) is 8.46. The van der Waals surface area contributed by atoms with E-state index >= 15 is 0 Å². The van der Waals surface area contributed by atoms with E-state index in [0.29, 0.717) is 0 Å². The van der Waals surface area contributed by atoms with Crippen molar-refractivity contribution in [3.05, 3.63) is 35.9 Å². The lowest BCUT2D eigenvalue weighted by atomic mass is 10.2. The van der Waals surface area contributed by atoms with Gasteiger partial charge in [-0.15, -0.1) is 0 Å². The number of ether oxygens (including phenoxy) is 1. The van der Waals surface area contributed by atoms with E-state index < -0.39 is 11.7 Å². The average molecular weight is 236 g/mol. The van der Waals surface area contributed by atoms with Crippen LogP contribution in [0.2, 0.25) is 0 Å². The highest BCUT2D eigenvalue weighted by Crippen LogP contribution is 2.18. The zero-order valence-corrected chi connectivity index (χ0v) is 8.90. The molecule has 1 aromatic heterocycles. The fraction of sp³-hybridized carbons (Fsp3) is 0.100. The van der Waals surface area contributed by atoms with Gasteiger partial charge in [-0.1, -0.05) is 0 Å². The maximum Gasteiger partial charge on any atom is 0.258 e. The highest BCUT2D eigenvalue weighted by Gasteiger charge is 2.11. The number of aromatic amines is 1. The van der Waals surface area contributed by atoms with Crippen LogP contribution in [0.25, 0.3) is 0 Å². The summed E-state index contributed by atoms with van der Waals surface area (Å²) in [6, 6.07) is 3.92. The minimum Gasteiger partial charge on any atom is -0.494 e. The van der Waals surface area contributed by atoms with Crippen molar-refractivity contribution in [2.75, 3.05) is 12.4 Å². The lowest BCUT2D eigenvalue weighted by Gasteiger charge is -2.04. The second-order valence-electron chi connectivity index (χ2n) is 3.14. The monoisotopic (exact) mass is 236 g/mol. The Kier molecular flexibility index (Phi) is 2.99. The molecule has 0 saturated heterocycles. The summed E-state index contributed by atoms with van der Waals surface area (Å²) in [6.07, 6.45) is 1.25. The molecule has 88 valence electrons. The SMILES string of the molecule is COc1ccc(C(=O)Nc2ncn[nH]2)cc1F. The van der Waals surface area contributed by atoms with Gasteiger partial charge in [-0.3, -0.25) is 10.1 Å². The zero-order valence-electron chi connectivity index (χ0n) is 8.90. The predicted octanol–water partition coefficient (Wildman–Crippen LogP) is 1.20. The third-order valence-corrected chi connectivity index (χ3v) is 2.06. The van der Waals surface area contributed by atoms with Gasteiger partial charge in [-0.25, -0.2) is 9.49 Å². The lowest BCUT2D eigenvalue weighted by Crippen LogP contribution is -2.13. The van der Waals surface area contributed by atoms with Gasteiger partial charge in [0.2, 0.25) is 5.95 Å². The lowest BCUT2D eigenvalue weighted by molar-refractivity contribution is 0.102. The molecule has 0 radical (unpaired) electrons. The number of carbonyl (C=O) groups is 1. The Morgan fingerprint density at radius 2 is 2.35 bits per heavy atom. The number of H-pyrrole nitrogens is 1. The molecule has 7 heteroatoms. The number of rotatable bonds is 3. The van der Waals surface area contributed by atoms with E-state index in [1.807, 2.05) is 0 Å². The van der Waals surface area contributed by atoms with Crippen molar-refractivity contribution in [3.8, 4) is 5.75 Å². The second-order valence-corrected chi connectivity index (χ2v) is 3.14. The van der Waals surface area contributed by atoms with Gasteiger partial charge in [0.05, 0.1) is 7.11 Å². The van der Waals surface area contributed by atoms with E-state index in [9.17, 15) is 9.18 Å². The summed E-state index contributed by atoms with van der Waals surface area (Å²) >= 11 is 0. The number of carbonyl (C=O) groups excluding carboxylic acids is 1. The van der Waals surface area contributed by atoms with Crippen LogP contribution in [-0.2, 0) is 0 Å². The third kappa shape index (κ3) is 2.39. The van der Waals surface area contributed by atoms with Crippen molar-refractivity contribution in [2.24, 2.45) is 0 Å². The number of amides is 1. The fourth-order valence-electron chi connectivity index (χ4n) is 1.25. The maximum atomic E-state index is 13.3. The Morgan fingerprint density at radius 3 is 2.94 bits per heavy atom. The fourth-order valence-corrected chi connectivity index (χ4v) is 1.25. The summed E-state index contributed by atoms with van der Waals surface area (Å²) in [5.74, 6) is -0.798. The Balaban J connectivity index is 2.17. The van der Waals surface area contributed by atoms with Crippen molar-refractivity contribution in [2.45, 2.75) is 0 Å². The maximum absolute atomic E-state index is 13.3. The van der Waals surface area contributed by atoms with Crippen molar-refractivity contribution in [3.63, 3.8) is 0 Å². The molecule has 6 nitrogen and oxygen atoms in total. The molecule has 17 heavy (non-hydrogen) atoms. The highest BCUT2D eigenvalue weighted by atomic mass is 19.1. The van der Waals surface area contributed by atoms with E-state index in [0.717, 1.165) is 6.07 Å². The number of aromatic nitrogens is 3. The first-order valence-corrected chi connectivity index (χ1v) is 4.71. The normalized spacial score (nSPS) is 10.0. The first kappa shape index (κ1) is 11.1. The van der Waals surface area contributed by atoms with E-state index in [2.05, 4.69) is 20.5 Å². The van der Waals surface area contributed by atoms with Crippen molar-refractivity contribution < 1.29 is 13.9 Å². The van der Waals surface area contributed by atoms with Gasteiger partial charge in [0, 0.05) is 5.56 Å². The summed E-state index contributed by atoms with van der Waals surface area (Å²) in [5.41, 5.74) is 0.166. The van der Waals surface area contributed by atoms with E-state index in [4.69, 9.17) is 4.74 Å². The van der Waals surface area contributed by atoms with Gasteiger partial charge in [-0.05, 0) is 18.2 Å². The molecular weight excluding hydrogens is 227 g/mol. The van der Waals surface area contributed by atoms with Gasteiger partial charge >= 0.3 is 0 Å². The van der Waals surface area contributed by atoms with Crippen molar-refractivity contribution in [1.29, 1.82) is 0 Å². The van der Waals surface area contributed by atoms with Gasteiger partial charge in [0.1, 0.15) is 6.33 Å².